The molecule has 0 saturated carbocycles. The van der Waals surface area contributed by atoms with Crippen LogP contribution < -0.4 is 5.32 Å². The molecule has 0 aromatic carbocycles. The van der Waals surface area contributed by atoms with E-state index in [4.69, 9.17) is 0 Å². The van der Waals surface area contributed by atoms with Crippen molar-refractivity contribution in [2.24, 2.45) is 0 Å². The van der Waals surface area contributed by atoms with Crippen LogP contribution in [-0.4, -0.2) is 28.1 Å². The van der Waals surface area contributed by atoms with Crippen LogP contribution >= 0.6 is 11.8 Å². The van der Waals surface area contributed by atoms with Crippen molar-refractivity contribution in [2.45, 2.75) is 0 Å². The first kappa shape index (κ1) is 8.99. The van der Waals surface area contributed by atoms with E-state index >= 15 is 0 Å². The Labute approximate surface area is 74.8 Å². The quantitative estimate of drug-likeness (QED) is 0.752. The molecule has 12 heavy (non-hydrogen) atoms. The molecule has 0 spiro atoms. The van der Waals surface area contributed by atoms with Gasteiger partial charge in [-0.1, -0.05) is 0 Å². The predicted octanol–water partition coefficient (Wildman–Crippen LogP) is 0.778. The first-order valence-electron chi connectivity index (χ1n) is 3.39. The predicted molar refractivity (Wildman–Crippen MR) is 49.0 cm³/mol. The fourth-order valence-electron chi connectivity index (χ4n) is 0.678. The zero-order valence-electron chi connectivity index (χ0n) is 6.65. The van der Waals surface area contributed by atoms with Crippen molar-refractivity contribution < 1.29 is 4.79 Å². The van der Waals surface area contributed by atoms with Crippen LogP contribution in [0, 0.1) is 0 Å². The van der Waals surface area contributed by atoms with E-state index in [1.54, 1.807) is 18.3 Å². The van der Waals surface area contributed by atoms with Crippen LogP contribution in [0.1, 0.15) is 0 Å². The van der Waals surface area contributed by atoms with Gasteiger partial charge in [-0.3, -0.25) is 4.79 Å². The minimum Gasteiger partial charge on any atom is -0.308 e. The Hall–Kier alpha value is -1.10. The number of anilines is 1. The number of amides is 1. The molecule has 0 saturated heterocycles. The number of hydrogen-bond donors (Lipinski definition) is 1. The van der Waals surface area contributed by atoms with Crippen LogP contribution in [0.3, 0.4) is 0 Å². The summed E-state index contributed by atoms with van der Waals surface area (Å²) >= 11 is 1.47. The van der Waals surface area contributed by atoms with Gasteiger partial charge in [0.05, 0.1) is 5.75 Å². The van der Waals surface area contributed by atoms with Crippen molar-refractivity contribution in [3.63, 3.8) is 0 Å². The molecule has 1 rings (SSSR count). The first-order chi connectivity index (χ1) is 5.83. The van der Waals surface area contributed by atoms with E-state index in [1.165, 1.54) is 11.8 Å². The van der Waals surface area contributed by atoms with Crippen LogP contribution in [0.4, 0.5) is 5.82 Å². The normalized spacial score (nSPS) is 9.42. The highest BCUT2D eigenvalue weighted by Gasteiger charge is 2.00. The number of hydrogen-bond acceptors (Lipinski definition) is 4. The summed E-state index contributed by atoms with van der Waals surface area (Å²) in [5.74, 6) is 0.885. The van der Waals surface area contributed by atoms with Gasteiger partial charge in [0.25, 0.3) is 0 Å². The van der Waals surface area contributed by atoms with Crippen molar-refractivity contribution in [1.82, 2.24) is 10.2 Å². The zero-order chi connectivity index (χ0) is 8.81. The van der Waals surface area contributed by atoms with Crippen LogP contribution in [0.2, 0.25) is 0 Å². The molecular weight excluding hydrogens is 174 g/mol. The Bertz CT molecular complexity index is 252. The average molecular weight is 183 g/mol. The van der Waals surface area contributed by atoms with Crippen molar-refractivity contribution in [1.29, 1.82) is 0 Å². The maximum absolute atomic E-state index is 11.0. The Kier molecular flexibility index (Phi) is 3.53. The van der Waals surface area contributed by atoms with Crippen molar-refractivity contribution in [2.75, 3.05) is 17.3 Å². The molecule has 0 atom stereocenters. The first-order valence-corrected chi connectivity index (χ1v) is 4.79. The van der Waals surface area contributed by atoms with Gasteiger partial charge in [-0.2, -0.15) is 16.9 Å². The number of thioether (sulfide) groups is 1. The third-order valence-corrected chi connectivity index (χ3v) is 1.67. The topological polar surface area (TPSA) is 54.9 Å². The number of nitrogens with one attached hydrogen (secondary N) is 1. The minimum absolute atomic E-state index is 0.0528. The highest BCUT2D eigenvalue weighted by molar-refractivity contribution is 7.99. The molecule has 1 heterocycles. The summed E-state index contributed by atoms with van der Waals surface area (Å²) in [7, 11) is 0. The van der Waals surface area contributed by atoms with E-state index in [-0.39, 0.29) is 5.91 Å². The van der Waals surface area contributed by atoms with Crippen LogP contribution in [-0.2, 0) is 4.79 Å². The van der Waals surface area contributed by atoms with Crippen LogP contribution in [0.5, 0.6) is 0 Å². The lowest BCUT2D eigenvalue weighted by Crippen LogP contribution is -2.14. The Morgan fingerprint density at radius 3 is 3.17 bits per heavy atom. The minimum atomic E-state index is -0.0528. The van der Waals surface area contributed by atoms with E-state index in [2.05, 4.69) is 15.5 Å². The molecule has 64 valence electrons. The van der Waals surface area contributed by atoms with Gasteiger partial charge in [-0.25, -0.2) is 0 Å². The maximum Gasteiger partial charge on any atom is 0.235 e. The average Bonchev–Trinajstić information content (AvgIpc) is 2.06. The van der Waals surface area contributed by atoms with Gasteiger partial charge in [0.1, 0.15) is 0 Å². The Morgan fingerprint density at radius 2 is 2.58 bits per heavy atom. The fourth-order valence-corrected chi connectivity index (χ4v) is 1.01. The monoisotopic (exact) mass is 183 g/mol. The van der Waals surface area contributed by atoms with Crippen molar-refractivity contribution >= 4 is 23.5 Å². The second-order valence-corrected chi connectivity index (χ2v) is 2.96. The fraction of sp³-hybridized carbons (Fsp3) is 0.286. The molecule has 1 aromatic heterocycles. The van der Waals surface area contributed by atoms with E-state index < -0.39 is 0 Å². The van der Waals surface area contributed by atoms with Gasteiger partial charge >= 0.3 is 0 Å². The summed E-state index contributed by atoms with van der Waals surface area (Å²) in [5, 5.41) is 9.95. The number of rotatable bonds is 3. The molecule has 0 radical (unpaired) electrons. The van der Waals surface area contributed by atoms with Crippen molar-refractivity contribution in [3.8, 4) is 0 Å². The molecule has 1 amide bonds. The number of nitrogens with zero attached hydrogens (tertiary/aromatic N) is 2. The van der Waals surface area contributed by atoms with Gasteiger partial charge in [0.15, 0.2) is 5.82 Å². The van der Waals surface area contributed by atoms with Crippen LogP contribution in [0.15, 0.2) is 18.3 Å². The van der Waals surface area contributed by atoms with E-state index in [1.807, 2.05) is 6.26 Å². The molecule has 0 aliphatic heterocycles. The summed E-state index contributed by atoms with van der Waals surface area (Å²) in [5.41, 5.74) is 0. The molecule has 0 aliphatic carbocycles. The standard InChI is InChI=1S/C7H9N3OS/c1-12-5-7(11)9-6-3-2-4-8-10-6/h2-4H,5H2,1H3,(H,9,10,11). The zero-order valence-corrected chi connectivity index (χ0v) is 7.47. The van der Waals surface area contributed by atoms with Crippen molar-refractivity contribution in [3.05, 3.63) is 18.3 Å². The van der Waals surface area contributed by atoms with E-state index in [9.17, 15) is 4.79 Å². The van der Waals surface area contributed by atoms with E-state index in [0.717, 1.165) is 0 Å². The van der Waals surface area contributed by atoms with Gasteiger partial charge in [0, 0.05) is 6.20 Å². The summed E-state index contributed by atoms with van der Waals surface area (Å²) in [4.78, 5) is 11.0. The molecule has 1 N–H and O–H groups in total. The molecule has 1 aromatic rings. The summed E-state index contributed by atoms with van der Waals surface area (Å²) in [6.07, 6.45) is 3.43. The summed E-state index contributed by atoms with van der Waals surface area (Å²) in [6, 6.07) is 3.42. The molecular formula is C7H9N3OS. The van der Waals surface area contributed by atoms with Gasteiger partial charge in [-0.15, -0.1) is 5.10 Å². The number of aromatic nitrogens is 2. The van der Waals surface area contributed by atoms with E-state index in [0.29, 0.717) is 11.6 Å². The third kappa shape index (κ3) is 2.87. The molecule has 0 unspecified atom stereocenters. The highest BCUT2D eigenvalue weighted by Crippen LogP contribution is 1.99. The second kappa shape index (κ2) is 4.71. The largest absolute Gasteiger partial charge is 0.308 e. The third-order valence-electron chi connectivity index (χ3n) is 1.12. The van der Waals surface area contributed by atoms with Crippen LogP contribution in [0.25, 0.3) is 0 Å². The lowest BCUT2D eigenvalue weighted by atomic mass is 10.5. The molecule has 0 fully saturated rings. The van der Waals surface area contributed by atoms with Gasteiger partial charge in [0.2, 0.25) is 5.91 Å². The molecule has 0 aliphatic rings. The molecule has 4 nitrogen and oxygen atoms in total. The second-order valence-electron chi connectivity index (χ2n) is 2.09. The molecule has 5 heteroatoms. The Morgan fingerprint density at radius 1 is 1.75 bits per heavy atom. The summed E-state index contributed by atoms with van der Waals surface area (Å²) < 4.78 is 0. The van der Waals surface area contributed by atoms with Gasteiger partial charge < -0.3 is 5.32 Å². The molecule has 0 bridgehead atoms. The lowest BCUT2D eigenvalue weighted by molar-refractivity contribution is -0.113. The highest BCUT2D eigenvalue weighted by atomic mass is 32.2. The number of carbonyl (C=O) groups excluding carboxylic acids is 1. The van der Waals surface area contributed by atoms with Gasteiger partial charge in [-0.05, 0) is 18.4 Å². The SMILES string of the molecule is CSCC(=O)Nc1cccnn1. The summed E-state index contributed by atoms with van der Waals surface area (Å²) in [6.45, 7) is 0. The maximum atomic E-state index is 11.0. The lowest BCUT2D eigenvalue weighted by Gasteiger charge is -1.99. The Balaban J connectivity index is 2.47. The number of carbonyl (C=O) groups is 1. The smallest absolute Gasteiger partial charge is 0.235 e.